The number of unbranched alkanes of at least 4 members (excludes halogenated alkanes) is 2. The van der Waals surface area contributed by atoms with Gasteiger partial charge in [0.05, 0.1) is 0 Å². The lowest BCUT2D eigenvalue weighted by atomic mass is 10.4. The minimum absolute atomic E-state index is 0.621. The van der Waals surface area contributed by atoms with E-state index in [4.69, 9.17) is 0 Å². The average molecular weight is 233 g/mol. The van der Waals surface area contributed by atoms with Crippen molar-refractivity contribution >= 4 is 23.5 Å². The van der Waals surface area contributed by atoms with Crippen LogP contribution in [-0.2, 0) is 0 Å². The molecule has 14 heavy (non-hydrogen) atoms. The molecular weight excluding hydrogens is 208 g/mol. The number of rotatable bonds is 10. The van der Waals surface area contributed by atoms with Crippen molar-refractivity contribution in [2.24, 2.45) is 0 Å². The average Bonchev–Trinajstić information content (AvgIpc) is 2.18. The van der Waals surface area contributed by atoms with Crippen LogP contribution < -0.4 is 0 Å². The summed E-state index contributed by atoms with van der Waals surface area (Å²) in [5.41, 5.74) is 0. The van der Waals surface area contributed by atoms with Gasteiger partial charge >= 0.3 is 0 Å². The second-order valence-electron chi connectivity index (χ2n) is 3.60. The maximum atomic E-state index is 4.18. The summed E-state index contributed by atoms with van der Waals surface area (Å²) in [6.07, 6.45) is 6.63. The molecule has 2 heteroatoms. The Morgan fingerprint density at radius 2 is 1.64 bits per heavy atom. The fourth-order valence-corrected chi connectivity index (χ4v) is 3.41. The maximum Gasteiger partial charge on any atom is 0.00552 e. The van der Waals surface area contributed by atoms with Crippen molar-refractivity contribution in [2.45, 2.75) is 51.2 Å². The topological polar surface area (TPSA) is 0 Å². The summed E-state index contributed by atoms with van der Waals surface area (Å²) in [5, 5.41) is 0.621. The zero-order valence-electron chi connectivity index (χ0n) is 9.76. The van der Waals surface area contributed by atoms with Crippen molar-refractivity contribution in [3.05, 3.63) is 6.92 Å². The molecule has 0 aliphatic heterocycles. The Balaban J connectivity index is 3.06. The molecule has 0 bridgehead atoms. The summed E-state index contributed by atoms with van der Waals surface area (Å²) in [5.74, 6) is 3.93. The fraction of sp³-hybridized carbons (Fsp3) is 0.917. The summed E-state index contributed by atoms with van der Waals surface area (Å²) < 4.78 is 0. The predicted octanol–water partition coefficient (Wildman–Crippen LogP) is 4.65. The molecule has 0 aromatic rings. The SMILES string of the molecule is [CH2]C(CCSCCCC)SCCCC. The smallest absolute Gasteiger partial charge is 0.00552 e. The van der Waals surface area contributed by atoms with Gasteiger partial charge in [0.1, 0.15) is 0 Å². The Labute approximate surface area is 99.0 Å². The predicted molar refractivity (Wildman–Crippen MR) is 73.4 cm³/mol. The molecule has 0 nitrogen and oxygen atoms in total. The van der Waals surface area contributed by atoms with Crippen molar-refractivity contribution in [2.75, 3.05) is 17.3 Å². The van der Waals surface area contributed by atoms with E-state index in [1.165, 1.54) is 49.4 Å². The van der Waals surface area contributed by atoms with Crippen molar-refractivity contribution in [1.29, 1.82) is 0 Å². The van der Waals surface area contributed by atoms with Crippen LogP contribution in [0.2, 0.25) is 0 Å². The van der Waals surface area contributed by atoms with E-state index in [0.29, 0.717) is 5.25 Å². The van der Waals surface area contributed by atoms with Gasteiger partial charge < -0.3 is 0 Å². The molecule has 1 radical (unpaired) electrons. The van der Waals surface area contributed by atoms with E-state index >= 15 is 0 Å². The van der Waals surface area contributed by atoms with Gasteiger partial charge in [0.15, 0.2) is 0 Å². The zero-order valence-corrected chi connectivity index (χ0v) is 11.4. The summed E-state index contributed by atoms with van der Waals surface area (Å²) in [4.78, 5) is 0. The molecular formula is C12H25S2. The van der Waals surface area contributed by atoms with E-state index < -0.39 is 0 Å². The van der Waals surface area contributed by atoms with Crippen molar-refractivity contribution in [3.8, 4) is 0 Å². The quantitative estimate of drug-likeness (QED) is 0.504. The first kappa shape index (κ1) is 14.7. The molecule has 0 N–H and O–H groups in total. The minimum atomic E-state index is 0.621. The van der Waals surface area contributed by atoms with Crippen LogP contribution in [0.4, 0.5) is 0 Å². The van der Waals surface area contributed by atoms with Crippen LogP contribution in [-0.4, -0.2) is 22.5 Å². The van der Waals surface area contributed by atoms with Gasteiger partial charge in [-0.15, -0.1) is 0 Å². The highest BCUT2D eigenvalue weighted by atomic mass is 32.2. The van der Waals surface area contributed by atoms with Gasteiger partial charge in [-0.05, 0) is 43.4 Å². The number of hydrogen-bond acceptors (Lipinski definition) is 2. The summed E-state index contributed by atoms with van der Waals surface area (Å²) in [6.45, 7) is 8.68. The van der Waals surface area contributed by atoms with Crippen LogP contribution in [0.15, 0.2) is 0 Å². The van der Waals surface area contributed by atoms with E-state index in [2.05, 4.69) is 32.5 Å². The third-order valence-corrected chi connectivity index (χ3v) is 4.41. The highest BCUT2D eigenvalue weighted by Crippen LogP contribution is 2.18. The Kier molecular flexibility index (Phi) is 12.4. The molecule has 0 spiro atoms. The molecule has 0 aromatic heterocycles. The Morgan fingerprint density at radius 1 is 1.00 bits per heavy atom. The third kappa shape index (κ3) is 10.8. The molecule has 0 amide bonds. The van der Waals surface area contributed by atoms with Gasteiger partial charge in [-0.3, -0.25) is 0 Å². The Bertz CT molecular complexity index is 104. The van der Waals surface area contributed by atoms with E-state index in [0.717, 1.165) is 0 Å². The highest BCUT2D eigenvalue weighted by Gasteiger charge is 2.01. The van der Waals surface area contributed by atoms with E-state index in [-0.39, 0.29) is 0 Å². The standard InChI is InChI=1S/C12H25S2/c1-4-6-9-13-11-8-12(3)14-10-7-5-2/h12H,3-11H2,1-2H3. The van der Waals surface area contributed by atoms with Crippen molar-refractivity contribution < 1.29 is 0 Å². The second kappa shape index (κ2) is 11.8. The first-order valence-corrected chi connectivity index (χ1v) is 8.04. The van der Waals surface area contributed by atoms with Gasteiger partial charge in [0, 0.05) is 5.25 Å². The van der Waals surface area contributed by atoms with Gasteiger partial charge in [-0.1, -0.05) is 26.7 Å². The molecule has 0 aliphatic carbocycles. The molecule has 0 rings (SSSR count). The van der Waals surface area contributed by atoms with Gasteiger partial charge in [0.2, 0.25) is 0 Å². The fourth-order valence-electron chi connectivity index (χ4n) is 1.04. The zero-order chi connectivity index (χ0) is 10.6. The van der Waals surface area contributed by atoms with Crippen molar-refractivity contribution in [1.82, 2.24) is 0 Å². The van der Waals surface area contributed by atoms with Crippen LogP contribution in [0, 0.1) is 6.92 Å². The monoisotopic (exact) mass is 233 g/mol. The van der Waals surface area contributed by atoms with Gasteiger partial charge in [-0.2, -0.15) is 23.5 Å². The normalized spacial score (nSPS) is 13.1. The molecule has 1 unspecified atom stereocenters. The highest BCUT2D eigenvalue weighted by molar-refractivity contribution is 8.00. The van der Waals surface area contributed by atoms with Crippen LogP contribution >= 0.6 is 23.5 Å². The summed E-state index contributed by atoms with van der Waals surface area (Å²) in [6, 6.07) is 0. The van der Waals surface area contributed by atoms with Crippen molar-refractivity contribution in [3.63, 3.8) is 0 Å². The molecule has 0 saturated heterocycles. The lowest BCUT2D eigenvalue weighted by molar-refractivity contribution is 0.886. The first-order chi connectivity index (χ1) is 6.81. The van der Waals surface area contributed by atoms with Crippen LogP contribution in [0.1, 0.15) is 46.0 Å². The lowest BCUT2D eigenvalue weighted by Gasteiger charge is -2.09. The first-order valence-electron chi connectivity index (χ1n) is 5.83. The second-order valence-corrected chi connectivity index (χ2v) is 6.23. The third-order valence-electron chi connectivity index (χ3n) is 2.08. The van der Waals surface area contributed by atoms with E-state index in [1.54, 1.807) is 0 Å². The van der Waals surface area contributed by atoms with Gasteiger partial charge in [0.25, 0.3) is 0 Å². The van der Waals surface area contributed by atoms with E-state index in [1.807, 2.05) is 11.8 Å². The lowest BCUT2D eigenvalue weighted by Crippen LogP contribution is -2.00. The van der Waals surface area contributed by atoms with Crippen LogP contribution in [0.25, 0.3) is 0 Å². The molecule has 0 saturated carbocycles. The number of hydrogen-bond donors (Lipinski definition) is 0. The molecule has 0 heterocycles. The Morgan fingerprint density at radius 3 is 2.29 bits per heavy atom. The molecule has 1 atom stereocenters. The molecule has 0 aliphatic rings. The molecule has 0 fully saturated rings. The summed E-state index contributed by atoms with van der Waals surface area (Å²) in [7, 11) is 0. The van der Waals surface area contributed by atoms with Gasteiger partial charge in [-0.25, -0.2) is 0 Å². The largest absolute Gasteiger partial charge is 0.162 e. The molecule has 85 valence electrons. The van der Waals surface area contributed by atoms with Crippen LogP contribution in [0.3, 0.4) is 0 Å². The Hall–Kier alpha value is 0.700. The summed E-state index contributed by atoms with van der Waals surface area (Å²) >= 11 is 4.13. The maximum absolute atomic E-state index is 4.18. The van der Waals surface area contributed by atoms with E-state index in [9.17, 15) is 0 Å². The number of thioether (sulfide) groups is 2. The van der Waals surface area contributed by atoms with Crippen LogP contribution in [0.5, 0.6) is 0 Å². The minimum Gasteiger partial charge on any atom is -0.162 e. The molecule has 0 aromatic carbocycles.